The van der Waals surface area contributed by atoms with Crippen LogP contribution in [0.3, 0.4) is 0 Å². The number of nitro benzene ring substituents is 1. The normalized spacial score (nSPS) is 10.4. The van der Waals surface area contributed by atoms with Crippen molar-refractivity contribution in [2.45, 2.75) is 6.43 Å². The molecule has 0 fully saturated rings. The maximum atomic E-state index is 11.8. The molecule has 0 aliphatic heterocycles. The van der Waals surface area contributed by atoms with Gasteiger partial charge in [0.25, 0.3) is 18.0 Å². The molecule has 1 rings (SSSR count). The van der Waals surface area contributed by atoms with Crippen LogP contribution in [-0.4, -0.2) is 23.8 Å². The lowest BCUT2D eigenvalue weighted by molar-refractivity contribution is -0.384. The lowest BCUT2D eigenvalue weighted by atomic mass is 10.2. The van der Waals surface area contributed by atoms with E-state index in [4.69, 9.17) is 11.6 Å². The molecule has 92 valence electrons. The Bertz CT molecular complexity index is 454. The van der Waals surface area contributed by atoms with Crippen LogP contribution >= 0.6 is 11.6 Å². The minimum absolute atomic E-state index is 0.0127. The zero-order valence-electron chi connectivity index (χ0n) is 8.32. The van der Waals surface area contributed by atoms with Crippen LogP contribution in [0.5, 0.6) is 0 Å². The van der Waals surface area contributed by atoms with E-state index in [1.54, 1.807) is 0 Å². The van der Waals surface area contributed by atoms with Crippen molar-refractivity contribution in [3.63, 3.8) is 0 Å². The summed E-state index contributed by atoms with van der Waals surface area (Å²) in [5.74, 6) is -0.762. The van der Waals surface area contributed by atoms with Crippen LogP contribution < -0.4 is 5.32 Å². The van der Waals surface area contributed by atoms with Gasteiger partial charge in [-0.3, -0.25) is 14.9 Å². The number of amides is 1. The Balaban J connectivity index is 2.83. The first-order chi connectivity index (χ1) is 7.91. The first-order valence-electron chi connectivity index (χ1n) is 4.42. The van der Waals surface area contributed by atoms with E-state index in [-0.39, 0.29) is 16.3 Å². The van der Waals surface area contributed by atoms with E-state index in [1.807, 2.05) is 5.32 Å². The summed E-state index contributed by atoms with van der Waals surface area (Å²) in [6.45, 7) is -0.784. The SMILES string of the molecule is O=C(NCC(F)F)c1ccc([N+](=O)[O-])c(Cl)c1. The van der Waals surface area contributed by atoms with E-state index >= 15 is 0 Å². The van der Waals surface area contributed by atoms with Crippen LogP contribution in [0.1, 0.15) is 10.4 Å². The Labute approximate surface area is 99.5 Å². The first-order valence-corrected chi connectivity index (χ1v) is 4.80. The van der Waals surface area contributed by atoms with Crippen LogP contribution in [0, 0.1) is 10.1 Å². The fraction of sp³-hybridized carbons (Fsp3) is 0.222. The number of hydrogen-bond acceptors (Lipinski definition) is 3. The van der Waals surface area contributed by atoms with Gasteiger partial charge in [-0.25, -0.2) is 8.78 Å². The predicted molar refractivity (Wildman–Crippen MR) is 56.4 cm³/mol. The molecule has 0 saturated carbocycles. The van der Waals surface area contributed by atoms with Crippen molar-refractivity contribution >= 4 is 23.2 Å². The standard InChI is InChI=1S/C9H7ClF2N2O3/c10-6-3-5(1-2-7(6)14(16)17)9(15)13-4-8(11)12/h1-3,8H,4H2,(H,13,15). The zero-order chi connectivity index (χ0) is 13.0. The van der Waals surface area contributed by atoms with Gasteiger partial charge in [-0.1, -0.05) is 11.6 Å². The van der Waals surface area contributed by atoms with Crippen molar-refractivity contribution < 1.29 is 18.5 Å². The van der Waals surface area contributed by atoms with Gasteiger partial charge in [-0.15, -0.1) is 0 Å². The summed E-state index contributed by atoms with van der Waals surface area (Å²) in [4.78, 5) is 21.0. The quantitative estimate of drug-likeness (QED) is 0.669. The Morgan fingerprint density at radius 1 is 1.53 bits per heavy atom. The lowest BCUT2D eigenvalue weighted by Gasteiger charge is -2.04. The van der Waals surface area contributed by atoms with Crippen molar-refractivity contribution in [3.8, 4) is 0 Å². The van der Waals surface area contributed by atoms with E-state index in [0.717, 1.165) is 18.2 Å². The number of halogens is 3. The minimum Gasteiger partial charge on any atom is -0.346 e. The molecule has 0 saturated heterocycles. The van der Waals surface area contributed by atoms with Crippen LogP contribution in [-0.2, 0) is 0 Å². The molecular weight excluding hydrogens is 258 g/mol. The molecule has 0 unspecified atom stereocenters. The van der Waals surface area contributed by atoms with Crippen molar-refractivity contribution in [1.82, 2.24) is 5.32 Å². The molecule has 0 bridgehead atoms. The van der Waals surface area contributed by atoms with E-state index in [0.29, 0.717) is 0 Å². The van der Waals surface area contributed by atoms with Crippen LogP contribution in [0.25, 0.3) is 0 Å². The number of carbonyl (C=O) groups is 1. The number of alkyl halides is 2. The van der Waals surface area contributed by atoms with Gasteiger partial charge in [0.05, 0.1) is 11.5 Å². The number of hydrogen-bond donors (Lipinski definition) is 1. The Hall–Kier alpha value is -1.76. The van der Waals surface area contributed by atoms with E-state index < -0.39 is 23.8 Å². The summed E-state index contributed by atoms with van der Waals surface area (Å²) in [5, 5.41) is 12.2. The fourth-order valence-electron chi connectivity index (χ4n) is 1.07. The topological polar surface area (TPSA) is 72.2 Å². The average molecular weight is 265 g/mol. The molecule has 0 aliphatic carbocycles. The summed E-state index contributed by atoms with van der Waals surface area (Å²) < 4.78 is 23.7. The summed E-state index contributed by atoms with van der Waals surface area (Å²) in [7, 11) is 0. The molecule has 0 aromatic heterocycles. The van der Waals surface area contributed by atoms with Crippen molar-refractivity contribution in [2.24, 2.45) is 0 Å². The van der Waals surface area contributed by atoms with E-state index in [9.17, 15) is 23.7 Å². The van der Waals surface area contributed by atoms with Gasteiger partial charge in [0.2, 0.25) is 0 Å². The molecule has 5 nitrogen and oxygen atoms in total. The second-order valence-electron chi connectivity index (χ2n) is 3.02. The highest BCUT2D eigenvalue weighted by Crippen LogP contribution is 2.24. The van der Waals surface area contributed by atoms with Gasteiger partial charge in [0.15, 0.2) is 0 Å². The van der Waals surface area contributed by atoms with Gasteiger partial charge >= 0.3 is 0 Å². The average Bonchev–Trinajstić information content (AvgIpc) is 2.25. The fourth-order valence-corrected chi connectivity index (χ4v) is 1.32. The van der Waals surface area contributed by atoms with Gasteiger partial charge in [-0.05, 0) is 12.1 Å². The molecule has 0 radical (unpaired) electrons. The molecule has 0 atom stereocenters. The number of rotatable bonds is 4. The molecule has 0 heterocycles. The molecule has 0 spiro atoms. The maximum absolute atomic E-state index is 11.8. The highest BCUT2D eigenvalue weighted by molar-refractivity contribution is 6.33. The van der Waals surface area contributed by atoms with Crippen LogP contribution in [0.15, 0.2) is 18.2 Å². The Kier molecular flexibility index (Phi) is 4.33. The molecule has 1 amide bonds. The smallest absolute Gasteiger partial charge is 0.287 e. The zero-order valence-corrected chi connectivity index (χ0v) is 9.08. The molecule has 1 aromatic carbocycles. The Morgan fingerprint density at radius 2 is 2.18 bits per heavy atom. The largest absolute Gasteiger partial charge is 0.346 e. The third-order valence-corrected chi connectivity index (χ3v) is 2.13. The summed E-state index contributed by atoms with van der Waals surface area (Å²) in [6.07, 6.45) is -2.66. The van der Waals surface area contributed by atoms with Gasteiger partial charge in [0.1, 0.15) is 5.02 Å². The van der Waals surface area contributed by atoms with Crippen molar-refractivity contribution in [1.29, 1.82) is 0 Å². The molecule has 1 aromatic rings. The maximum Gasteiger partial charge on any atom is 0.287 e. The third-order valence-electron chi connectivity index (χ3n) is 1.82. The van der Waals surface area contributed by atoms with Crippen LogP contribution in [0.2, 0.25) is 5.02 Å². The Morgan fingerprint density at radius 3 is 2.65 bits per heavy atom. The first kappa shape index (κ1) is 13.3. The van der Waals surface area contributed by atoms with Gasteiger partial charge < -0.3 is 5.32 Å². The van der Waals surface area contributed by atoms with Gasteiger partial charge in [0, 0.05) is 11.6 Å². The monoisotopic (exact) mass is 264 g/mol. The number of nitro groups is 1. The second kappa shape index (κ2) is 5.53. The van der Waals surface area contributed by atoms with Crippen LogP contribution in [0.4, 0.5) is 14.5 Å². The highest BCUT2D eigenvalue weighted by atomic mass is 35.5. The van der Waals surface area contributed by atoms with E-state index in [1.165, 1.54) is 0 Å². The second-order valence-corrected chi connectivity index (χ2v) is 3.43. The van der Waals surface area contributed by atoms with E-state index in [2.05, 4.69) is 0 Å². The number of carbonyl (C=O) groups excluding carboxylic acids is 1. The molecule has 17 heavy (non-hydrogen) atoms. The highest BCUT2D eigenvalue weighted by Gasteiger charge is 2.15. The third kappa shape index (κ3) is 3.63. The number of nitrogens with zero attached hydrogens (tertiary/aromatic N) is 1. The lowest BCUT2D eigenvalue weighted by Crippen LogP contribution is -2.28. The summed E-state index contributed by atoms with van der Waals surface area (Å²) in [5.41, 5.74) is -0.363. The van der Waals surface area contributed by atoms with Gasteiger partial charge in [-0.2, -0.15) is 0 Å². The number of benzene rings is 1. The molecular formula is C9H7ClF2N2O3. The van der Waals surface area contributed by atoms with Crippen molar-refractivity contribution in [2.75, 3.05) is 6.54 Å². The summed E-state index contributed by atoms with van der Waals surface area (Å²) in [6, 6.07) is 3.24. The molecule has 0 aliphatic rings. The molecule has 1 N–H and O–H groups in total. The minimum atomic E-state index is -2.66. The van der Waals surface area contributed by atoms with Crippen molar-refractivity contribution in [3.05, 3.63) is 38.9 Å². The number of nitrogens with one attached hydrogen (secondary N) is 1. The molecule has 8 heteroatoms. The summed E-state index contributed by atoms with van der Waals surface area (Å²) >= 11 is 5.56. The predicted octanol–water partition coefficient (Wildman–Crippen LogP) is 2.24.